The molecule has 1 aromatic rings. The lowest BCUT2D eigenvalue weighted by Gasteiger charge is -2.15. The third-order valence-corrected chi connectivity index (χ3v) is 2.62. The molecular formula is C9H12N4O4. The van der Waals surface area contributed by atoms with Gasteiger partial charge in [-0.05, 0) is 18.8 Å². The number of aliphatic carboxylic acids is 1. The maximum absolute atomic E-state index is 11.4. The van der Waals surface area contributed by atoms with E-state index in [1.165, 1.54) is 0 Å². The number of hydrogen-bond donors (Lipinski definition) is 4. The molecule has 4 N–H and O–H groups in total. The minimum absolute atomic E-state index is 0.0530. The van der Waals surface area contributed by atoms with Crippen molar-refractivity contribution in [2.45, 2.75) is 25.3 Å². The van der Waals surface area contributed by atoms with E-state index in [1.54, 1.807) is 0 Å². The van der Waals surface area contributed by atoms with Crippen LogP contribution >= 0.6 is 0 Å². The predicted molar refractivity (Wildman–Crippen MR) is 57.9 cm³/mol. The minimum Gasteiger partial charge on any atom is -0.481 e. The van der Waals surface area contributed by atoms with Gasteiger partial charge in [0.15, 0.2) is 0 Å². The molecule has 0 saturated heterocycles. The molecule has 92 valence electrons. The van der Waals surface area contributed by atoms with Crippen molar-refractivity contribution in [2.75, 3.05) is 5.32 Å². The van der Waals surface area contributed by atoms with Crippen molar-refractivity contribution in [3.63, 3.8) is 0 Å². The van der Waals surface area contributed by atoms with Gasteiger partial charge in [0.2, 0.25) is 5.82 Å². The van der Waals surface area contributed by atoms with Crippen molar-refractivity contribution in [1.29, 1.82) is 0 Å². The highest BCUT2D eigenvalue weighted by Gasteiger charge is 2.33. The summed E-state index contributed by atoms with van der Waals surface area (Å²) in [6.45, 7) is 0. The van der Waals surface area contributed by atoms with Gasteiger partial charge in [0, 0.05) is 6.04 Å². The van der Waals surface area contributed by atoms with Crippen LogP contribution in [0, 0.1) is 5.92 Å². The zero-order valence-electron chi connectivity index (χ0n) is 8.90. The molecule has 1 aliphatic rings. The maximum atomic E-state index is 11.4. The standard InChI is InChI=1S/C9H12N4O4/c14-6(15)3-5(4-1-2-4)10-7-8(16)11-9(17)13-12-7/h4-5H,1-3H2,(H,10,12)(H,14,15)(H2,11,13,16,17). The van der Waals surface area contributed by atoms with E-state index in [1.807, 2.05) is 4.98 Å². The normalized spacial score (nSPS) is 16.5. The Balaban J connectivity index is 2.14. The molecule has 0 bridgehead atoms. The van der Waals surface area contributed by atoms with Gasteiger partial charge in [-0.2, -0.15) is 0 Å². The molecule has 1 heterocycles. The van der Waals surface area contributed by atoms with Crippen LogP contribution in [0.25, 0.3) is 0 Å². The van der Waals surface area contributed by atoms with Crippen LogP contribution in [0.2, 0.25) is 0 Å². The van der Waals surface area contributed by atoms with Crippen molar-refractivity contribution in [2.24, 2.45) is 5.92 Å². The monoisotopic (exact) mass is 240 g/mol. The number of hydrogen-bond acceptors (Lipinski definition) is 5. The van der Waals surface area contributed by atoms with E-state index in [4.69, 9.17) is 5.11 Å². The highest BCUT2D eigenvalue weighted by molar-refractivity contribution is 5.68. The van der Waals surface area contributed by atoms with Crippen LogP contribution in [0.4, 0.5) is 5.82 Å². The predicted octanol–water partition coefficient (Wildman–Crippen LogP) is -0.877. The fourth-order valence-corrected chi connectivity index (χ4v) is 1.64. The SMILES string of the molecule is O=C(O)CC(Nc1n[nH]c(=O)[nH]c1=O)C1CC1. The smallest absolute Gasteiger partial charge is 0.342 e. The molecule has 2 rings (SSSR count). The van der Waals surface area contributed by atoms with Crippen LogP contribution in [0.5, 0.6) is 0 Å². The van der Waals surface area contributed by atoms with Crippen molar-refractivity contribution in [3.8, 4) is 0 Å². The Hall–Kier alpha value is -2.12. The number of aromatic nitrogens is 3. The molecule has 17 heavy (non-hydrogen) atoms. The van der Waals surface area contributed by atoms with Crippen LogP contribution < -0.4 is 16.6 Å². The number of nitrogens with one attached hydrogen (secondary N) is 3. The molecule has 0 aromatic carbocycles. The summed E-state index contributed by atoms with van der Waals surface area (Å²) in [6.07, 6.45) is 1.79. The van der Waals surface area contributed by atoms with E-state index in [0.717, 1.165) is 12.8 Å². The Morgan fingerprint density at radius 2 is 2.24 bits per heavy atom. The number of H-pyrrole nitrogens is 2. The first kappa shape index (κ1) is 11.4. The summed E-state index contributed by atoms with van der Waals surface area (Å²) in [6, 6.07) is -0.327. The van der Waals surface area contributed by atoms with E-state index in [0.29, 0.717) is 0 Å². The zero-order chi connectivity index (χ0) is 12.4. The summed E-state index contributed by atoms with van der Waals surface area (Å²) in [5, 5.41) is 17.1. The molecule has 8 heteroatoms. The molecule has 1 aliphatic carbocycles. The van der Waals surface area contributed by atoms with Gasteiger partial charge >= 0.3 is 11.7 Å². The van der Waals surface area contributed by atoms with Crippen LogP contribution in [0.15, 0.2) is 9.59 Å². The van der Waals surface area contributed by atoms with Gasteiger partial charge in [0.05, 0.1) is 6.42 Å². The van der Waals surface area contributed by atoms with E-state index >= 15 is 0 Å². The summed E-state index contributed by atoms with van der Waals surface area (Å²) < 4.78 is 0. The second-order valence-corrected chi connectivity index (χ2v) is 4.04. The van der Waals surface area contributed by atoms with Gasteiger partial charge in [-0.25, -0.2) is 9.89 Å². The summed E-state index contributed by atoms with van der Waals surface area (Å²) in [4.78, 5) is 34.8. The topological polar surface area (TPSA) is 128 Å². The summed E-state index contributed by atoms with van der Waals surface area (Å²) in [7, 11) is 0. The highest BCUT2D eigenvalue weighted by atomic mass is 16.4. The lowest BCUT2D eigenvalue weighted by atomic mass is 10.1. The fourth-order valence-electron chi connectivity index (χ4n) is 1.64. The molecule has 1 fully saturated rings. The molecule has 1 aromatic heterocycles. The van der Waals surface area contributed by atoms with Gasteiger partial charge in [-0.3, -0.25) is 14.6 Å². The molecule has 1 atom stereocenters. The van der Waals surface area contributed by atoms with Gasteiger partial charge in [0.1, 0.15) is 0 Å². The van der Waals surface area contributed by atoms with Crippen LogP contribution in [-0.4, -0.2) is 32.3 Å². The van der Waals surface area contributed by atoms with Crippen LogP contribution in [0.1, 0.15) is 19.3 Å². The molecule has 1 unspecified atom stereocenters. The lowest BCUT2D eigenvalue weighted by molar-refractivity contribution is -0.137. The average Bonchev–Trinajstić information content (AvgIpc) is 3.03. The first-order chi connectivity index (χ1) is 8.06. The maximum Gasteiger partial charge on any atom is 0.342 e. The Kier molecular flexibility index (Phi) is 2.94. The van der Waals surface area contributed by atoms with Crippen molar-refractivity contribution in [3.05, 3.63) is 20.8 Å². The quantitative estimate of drug-likeness (QED) is 0.529. The van der Waals surface area contributed by atoms with E-state index in [-0.39, 0.29) is 24.2 Å². The van der Waals surface area contributed by atoms with Gasteiger partial charge in [0.25, 0.3) is 5.56 Å². The molecule has 8 nitrogen and oxygen atoms in total. The molecule has 0 amide bonds. The van der Waals surface area contributed by atoms with Gasteiger partial charge < -0.3 is 10.4 Å². The van der Waals surface area contributed by atoms with Crippen LogP contribution in [-0.2, 0) is 4.79 Å². The van der Waals surface area contributed by atoms with Crippen LogP contribution in [0.3, 0.4) is 0 Å². The van der Waals surface area contributed by atoms with E-state index in [9.17, 15) is 14.4 Å². The second-order valence-electron chi connectivity index (χ2n) is 4.04. The third-order valence-electron chi connectivity index (χ3n) is 2.62. The summed E-state index contributed by atoms with van der Waals surface area (Å²) >= 11 is 0. The number of nitrogens with zero attached hydrogens (tertiary/aromatic N) is 1. The average molecular weight is 240 g/mol. The van der Waals surface area contributed by atoms with Crippen molar-refractivity contribution in [1.82, 2.24) is 15.2 Å². The number of rotatable bonds is 5. The van der Waals surface area contributed by atoms with E-state index in [2.05, 4.69) is 15.5 Å². The van der Waals surface area contributed by atoms with Crippen molar-refractivity contribution >= 4 is 11.8 Å². The number of carbonyl (C=O) groups is 1. The molecule has 0 aliphatic heterocycles. The first-order valence-electron chi connectivity index (χ1n) is 5.23. The van der Waals surface area contributed by atoms with E-state index < -0.39 is 17.2 Å². The Bertz CT molecular complexity index is 530. The number of carboxylic acids is 1. The largest absolute Gasteiger partial charge is 0.481 e. The summed E-state index contributed by atoms with van der Waals surface area (Å²) in [5.41, 5.74) is -1.34. The fraction of sp³-hybridized carbons (Fsp3) is 0.556. The molecule has 0 radical (unpaired) electrons. The molecule has 0 spiro atoms. The Morgan fingerprint density at radius 3 is 2.76 bits per heavy atom. The minimum atomic E-state index is -0.935. The third kappa shape index (κ3) is 2.92. The number of carboxylic acid groups (broad SMARTS) is 1. The molecule has 1 saturated carbocycles. The van der Waals surface area contributed by atoms with Gasteiger partial charge in [-0.1, -0.05) is 0 Å². The van der Waals surface area contributed by atoms with Gasteiger partial charge in [-0.15, -0.1) is 5.10 Å². The number of aromatic amines is 2. The summed E-state index contributed by atoms with van der Waals surface area (Å²) in [5.74, 6) is -0.739. The first-order valence-corrected chi connectivity index (χ1v) is 5.23. The Morgan fingerprint density at radius 1 is 1.53 bits per heavy atom. The second kappa shape index (κ2) is 4.40. The Labute approximate surface area is 95.1 Å². The van der Waals surface area contributed by atoms with Crippen molar-refractivity contribution < 1.29 is 9.90 Å². The molecular weight excluding hydrogens is 228 g/mol. The lowest BCUT2D eigenvalue weighted by Crippen LogP contribution is -2.33. The number of anilines is 1. The highest BCUT2D eigenvalue weighted by Crippen LogP contribution is 2.35. The zero-order valence-corrected chi connectivity index (χ0v) is 8.90.